The quantitative estimate of drug-likeness (QED) is 0.713. The predicted octanol–water partition coefficient (Wildman–Crippen LogP) is 2.15. The van der Waals surface area contributed by atoms with Crippen LogP contribution in [0, 0.1) is 5.41 Å². The molecular weight excluding hydrogens is 178 g/mol. The zero-order valence-corrected chi connectivity index (χ0v) is 8.80. The third-order valence-electron chi connectivity index (χ3n) is 3.46. The lowest BCUT2D eigenvalue weighted by Gasteiger charge is -2.37. The van der Waals surface area contributed by atoms with Crippen LogP contribution in [0.2, 0.25) is 0 Å². The van der Waals surface area contributed by atoms with E-state index in [2.05, 4.69) is 0 Å². The van der Waals surface area contributed by atoms with E-state index in [1.54, 1.807) is 0 Å². The molecule has 0 atom stereocenters. The van der Waals surface area contributed by atoms with E-state index in [0.29, 0.717) is 13.0 Å². The second-order valence-electron chi connectivity index (χ2n) is 4.49. The van der Waals surface area contributed by atoms with Gasteiger partial charge in [-0.05, 0) is 37.6 Å². The fourth-order valence-electron chi connectivity index (χ4n) is 2.61. The number of carboxylic acid groups (broad SMARTS) is 1. The number of hydrogen-bond acceptors (Lipinski definition) is 2. The Labute approximate surface area is 85.7 Å². The largest absolute Gasteiger partial charge is 0.481 e. The van der Waals surface area contributed by atoms with Gasteiger partial charge in [-0.3, -0.25) is 4.79 Å². The third kappa shape index (κ3) is 3.29. The van der Waals surface area contributed by atoms with Crippen molar-refractivity contribution in [2.75, 3.05) is 6.54 Å². The molecule has 0 aromatic rings. The molecule has 0 heterocycles. The van der Waals surface area contributed by atoms with Gasteiger partial charge in [-0.1, -0.05) is 19.3 Å². The molecule has 1 rings (SSSR count). The molecule has 0 unspecified atom stereocenters. The molecule has 1 fully saturated rings. The summed E-state index contributed by atoms with van der Waals surface area (Å²) in [5.74, 6) is -0.674. The number of carbonyl (C=O) groups is 1. The highest BCUT2D eigenvalue weighted by molar-refractivity contribution is 5.66. The van der Waals surface area contributed by atoms with Crippen molar-refractivity contribution >= 4 is 5.97 Å². The summed E-state index contributed by atoms with van der Waals surface area (Å²) < 4.78 is 0. The molecule has 0 bridgehead atoms. The van der Waals surface area contributed by atoms with Crippen LogP contribution in [-0.4, -0.2) is 17.6 Å². The summed E-state index contributed by atoms with van der Waals surface area (Å²) in [7, 11) is 0. The fourth-order valence-corrected chi connectivity index (χ4v) is 2.61. The van der Waals surface area contributed by atoms with E-state index < -0.39 is 5.97 Å². The Balaban J connectivity index is 2.46. The van der Waals surface area contributed by atoms with Gasteiger partial charge in [-0.15, -0.1) is 0 Å². The van der Waals surface area contributed by atoms with Crippen molar-refractivity contribution in [3.05, 3.63) is 0 Å². The molecular formula is C11H21NO2. The molecule has 0 amide bonds. The topological polar surface area (TPSA) is 63.3 Å². The van der Waals surface area contributed by atoms with E-state index >= 15 is 0 Å². The van der Waals surface area contributed by atoms with Crippen LogP contribution in [0.15, 0.2) is 0 Å². The van der Waals surface area contributed by atoms with Crippen molar-refractivity contribution in [3.63, 3.8) is 0 Å². The van der Waals surface area contributed by atoms with Crippen LogP contribution in [0.3, 0.4) is 0 Å². The van der Waals surface area contributed by atoms with Gasteiger partial charge >= 0.3 is 5.97 Å². The summed E-state index contributed by atoms with van der Waals surface area (Å²) in [6.45, 7) is 0.694. The molecule has 0 aromatic heterocycles. The highest BCUT2D eigenvalue weighted by Crippen LogP contribution is 2.42. The Bertz CT molecular complexity index is 180. The summed E-state index contributed by atoms with van der Waals surface area (Å²) in [6.07, 6.45) is 8.29. The van der Waals surface area contributed by atoms with Crippen molar-refractivity contribution in [1.29, 1.82) is 0 Å². The Morgan fingerprint density at radius 3 is 2.36 bits per heavy atom. The van der Waals surface area contributed by atoms with Gasteiger partial charge in [-0.2, -0.15) is 0 Å². The SMILES string of the molecule is NCCC1(CCC(=O)O)CCCCC1. The van der Waals surface area contributed by atoms with E-state index in [9.17, 15) is 4.79 Å². The van der Waals surface area contributed by atoms with Crippen molar-refractivity contribution in [2.24, 2.45) is 11.1 Å². The molecule has 3 N–H and O–H groups in total. The van der Waals surface area contributed by atoms with Crippen molar-refractivity contribution < 1.29 is 9.90 Å². The molecule has 0 aromatic carbocycles. The number of rotatable bonds is 5. The van der Waals surface area contributed by atoms with E-state index in [1.807, 2.05) is 0 Å². The molecule has 0 saturated heterocycles. The Morgan fingerprint density at radius 1 is 1.21 bits per heavy atom. The fraction of sp³-hybridized carbons (Fsp3) is 0.909. The number of carboxylic acids is 1. The third-order valence-corrected chi connectivity index (χ3v) is 3.46. The van der Waals surface area contributed by atoms with Crippen LogP contribution >= 0.6 is 0 Å². The zero-order valence-electron chi connectivity index (χ0n) is 8.80. The zero-order chi connectivity index (χ0) is 10.4. The van der Waals surface area contributed by atoms with Gasteiger partial charge in [-0.25, -0.2) is 0 Å². The Hall–Kier alpha value is -0.570. The lowest BCUT2D eigenvalue weighted by atomic mass is 9.69. The minimum Gasteiger partial charge on any atom is -0.481 e. The molecule has 82 valence electrons. The average molecular weight is 199 g/mol. The van der Waals surface area contributed by atoms with Crippen LogP contribution < -0.4 is 5.73 Å². The maximum absolute atomic E-state index is 10.6. The van der Waals surface area contributed by atoms with E-state index in [4.69, 9.17) is 10.8 Å². The van der Waals surface area contributed by atoms with Gasteiger partial charge in [0.1, 0.15) is 0 Å². The van der Waals surface area contributed by atoms with Gasteiger partial charge in [0.15, 0.2) is 0 Å². The van der Waals surface area contributed by atoms with Crippen LogP contribution in [0.5, 0.6) is 0 Å². The second-order valence-corrected chi connectivity index (χ2v) is 4.49. The van der Waals surface area contributed by atoms with Crippen molar-refractivity contribution in [3.8, 4) is 0 Å². The molecule has 0 radical (unpaired) electrons. The standard InChI is InChI=1S/C11H21NO2/c12-9-8-11(7-4-10(13)14)5-2-1-3-6-11/h1-9,12H2,(H,13,14). The number of hydrogen-bond donors (Lipinski definition) is 2. The van der Waals surface area contributed by atoms with Gasteiger partial charge in [0.2, 0.25) is 0 Å². The first-order valence-electron chi connectivity index (χ1n) is 5.60. The van der Waals surface area contributed by atoms with E-state index in [0.717, 1.165) is 12.8 Å². The van der Waals surface area contributed by atoms with Gasteiger partial charge in [0, 0.05) is 6.42 Å². The van der Waals surface area contributed by atoms with Crippen molar-refractivity contribution in [2.45, 2.75) is 51.4 Å². The molecule has 0 spiro atoms. The maximum atomic E-state index is 10.6. The average Bonchev–Trinajstić information content (AvgIpc) is 2.17. The first-order chi connectivity index (χ1) is 6.68. The van der Waals surface area contributed by atoms with Crippen LogP contribution in [0.4, 0.5) is 0 Å². The highest BCUT2D eigenvalue weighted by atomic mass is 16.4. The number of nitrogens with two attached hydrogens (primary N) is 1. The molecule has 0 aliphatic heterocycles. The molecule has 3 heteroatoms. The maximum Gasteiger partial charge on any atom is 0.303 e. The Morgan fingerprint density at radius 2 is 1.86 bits per heavy atom. The minimum atomic E-state index is -0.674. The molecule has 3 nitrogen and oxygen atoms in total. The summed E-state index contributed by atoms with van der Waals surface area (Å²) in [4.78, 5) is 10.6. The van der Waals surface area contributed by atoms with Gasteiger partial charge < -0.3 is 10.8 Å². The lowest BCUT2D eigenvalue weighted by molar-refractivity contribution is -0.137. The second kappa shape index (κ2) is 5.35. The first kappa shape index (κ1) is 11.5. The summed E-state index contributed by atoms with van der Waals surface area (Å²) in [5, 5.41) is 8.70. The first-order valence-corrected chi connectivity index (χ1v) is 5.60. The van der Waals surface area contributed by atoms with E-state index in [-0.39, 0.29) is 5.41 Å². The highest BCUT2D eigenvalue weighted by Gasteiger charge is 2.31. The molecule has 14 heavy (non-hydrogen) atoms. The summed E-state index contributed by atoms with van der Waals surface area (Å²) in [5.41, 5.74) is 5.86. The Kier molecular flexibility index (Phi) is 4.39. The summed E-state index contributed by atoms with van der Waals surface area (Å²) in [6, 6.07) is 0. The van der Waals surface area contributed by atoms with Crippen LogP contribution in [0.25, 0.3) is 0 Å². The smallest absolute Gasteiger partial charge is 0.303 e. The normalized spacial score (nSPS) is 20.6. The molecule has 1 aliphatic carbocycles. The van der Waals surface area contributed by atoms with Gasteiger partial charge in [0.05, 0.1) is 0 Å². The molecule has 1 aliphatic rings. The van der Waals surface area contributed by atoms with Crippen molar-refractivity contribution in [1.82, 2.24) is 0 Å². The monoisotopic (exact) mass is 199 g/mol. The minimum absolute atomic E-state index is 0.255. The van der Waals surface area contributed by atoms with Crippen LogP contribution in [0.1, 0.15) is 51.4 Å². The van der Waals surface area contributed by atoms with Crippen LogP contribution in [-0.2, 0) is 4.79 Å². The molecule has 1 saturated carbocycles. The lowest BCUT2D eigenvalue weighted by Crippen LogP contribution is -2.28. The summed E-state index contributed by atoms with van der Waals surface area (Å²) >= 11 is 0. The number of aliphatic carboxylic acids is 1. The predicted molar refractivity (Wildman–Crippen MR) is 56.1 cm³/mol. The van der Waals surface area contributed by atoms with E-state index in [1.165, 1.54) is 32.1 Å². The van der Waals surface area contributed by atoms with Gasteiger partial charge in [0.25, 0.3) is 0 Å².